The van der Waals surface area contributed by atoms with Crippen LogP contribution in [0.4, 0.5) is 34.1 Å². The average molecular weight is 837 g/mol. The molecular weight excluding hydrogens is 768 g/mol. The van der Waals surface area contributed by atoms with E-state index < -0.39 is 0 Å². The van der Waals surface area contributed by atoms with Crippen molar-refractivity contribution < 1.29 is 0 Å². The van der Waals surface area contributed by atoms with Crippen LogP contribution in [-0.4, -0.2) is 6.71 Å². The predicted octanol–water partition coefficient (Wildman–Crippen LogP) is 14.9. The smallest absolute Gasteiger partial charge is 0.264 e. The lowest BCUT2D eigenvalue weighted by molar-refractivity contribution is 0.331. The van der Waals surface area contributed by atoms with Gasteiger partial charge in [-0.25, -0.2) is 0 Å². The number of fused-ring (bicyclic) bond motifs is 9. The molecule has 4 heteroatoms. The van der Waals surface area contributed by atoms with Crippen LogP contribution >= 0.6 is 11.3 Å². The van der Waals surface area contributed by atoms with Gasteiger partial charge in [0.25, 0.3) is 6.71 Å². The fraction of sp³-hybridized carbons (Fsp3) is 0.448. The maximum Gasteiger partial charge on any atom is 0.264 e. The minimum atomic E-state index is -0.0867. The van der Waals surface area contributed by atoms with Gasteiger partial charge in [0, 0.05) is 43.3 Å². The normalized spacial score (nSPS) is 19.1. The Balaban J connectivity index is 1.38. The van der Waals surface area contributed by atoms with Gasteiger partial charge < -0.3 is 9.80 Å². The van der Waals surface area contributed by atoms with Crippen molar-refractivity contribution in [3.63, 3.8) is 0 Å². The van der Waals surface area contributed by atoms with E-state index in [-0.39, 0.29) is 39.2 Å². The Morgan fingerprint density at radius 2 is 1.13 bits per heavy atom. The molecule has 2 aliphatic carbocycles. The highest BCUT2D eigenvalue weighted by molar-refractivity contribution is 7.33. The Labute approximate surface area is 378 Å². The van der Waals surface area contributed by atoms with E-state index in [1.54, 1.807) is 5.56 Å². The third-order valence-corrected chi connectivity index (χ3v) is 17.2. The maximum absolute atomic E-state index is 2.79. The van der Waals surface area contributed by atoms with Crippen molar-refractivity contribution in [1.82, 2.24) is 0 Å². The fourth-order valence-corrected chi connectivity index (χ4v) is 13.2. The number of nitrogens with zero attached hydrogens (tertiary/aromatic N) is 2. The van der Waals surface area contributed by atoms with Crippen LogP contribution in [0.5, 0.6) is 0 Å². The summed E-state index contributed by atoms with van der Waals surface area (Å²) in [6.07, 6.45) is 4.76. The Morgan fingerprint density at radius 3 is 1.77 bits per heavy atom. The molecule has 2 aliphatic heterocycles. The summed E-state index contributed by atoms with van der Waals surface area (Å²) in [5.41, 5.74) is 22.7. The van der Waals surface area contributed by atoms with E-state index in [1.165, 1.54) is 125 Å². The molecule has 0 unspecified atom stereocenters. The molecular formula is C58H69BN2S. The number of thiophene rings is 1. The fourth-order valence-electron chi connectivity index (χ4n) is 11.9. The van der Waals surface area contributed by atoms with Crippen molar-refractivity contribution in [2.75, 3.05) is 9.80 Å². The van der Waals surface area contributed by atoms with E-state index in [0.717, 1.165) is 0 Å². The average Bonchev–Trinajstić information content (AvgIpc) is 3.55. The van der Waals surface area contributed by atoms with Crippen LogP contribution in [0.25, 0.3) is 10.1 Å². The highest BCUT2D eigenvalue weighted by atomic mass is 32.1. The van der Waals surface area contributed by atoms with Gasteiger partial charge in [0.1, 0.15) is 0 Å². The first kappa shape index (κ1) is 41.7. The molecule has 0 radical (unpaired) electrons. The van der Waals surface area contributed by atoms with Crippen LogP contribution in [-0.2, 0) is 32.5 Å². The van der Waals surface area contributed by atoms with Crippen molar-refractivity contribution in [2.24, 2.45) is 0 Å². The van der Waals surface area contributed by atoms with E-state index in [2.05, 4.69) is 199 Å². The van der Waals surface area contributed by atoms with Crippen molar-refractivity contribution in [3.05, 3.63) is 123 Å². The van der Waals surface area contributed by atoms with E-state index in [0.29, 0.717) is 0 Å². The monoisotopic (exact) mass is 837 g/mol. The molecule has 6 aromatic rings. The van der Waals surface area contributed by atoms with Gasteiger partial charge in [0.05, 0.1) is 5.69 Å². The second kappa shape index (κ2) is 13.2. The van der Waals surface area contributed by atoms with Gasteiger partial charge in [-0.05, 0) is 164 Å². The van der Waals surface area contributed by atoms with Crippen molar-refractivity contribution in [1.29, 1.82) is 0 Å². The summed E-state index contributed by atoms with van der Waals surface area (Å²) < 4.78 is 2.83. The highest BCUT2D eigenvalue weighted by Gasteiger charge is 2.50. The summed E-state index contributed by atoms with van der Waals surface area (Å²) in [4.78, 5) is 5.49. The molecule has 10 rings (SSSR count). The summed E-state index contributed by atoms with van der Waals surface area (Å²) in [5.74, 6) is 0. The van der Waals surface area contributed by atoms with Crippen LogP contribution in [0.1, 0.15) is 167 Å². The van der Waals surface area contributed by atoms with Crippen LogP contribution in [0.3, 0.4) is 0 Å². The quantitative estimate of drug-likeness (QED) is 0.160. The number of benzene rings is 5. The molecule has 0 saturated heterocycles. The van der Waals surface area contributed by atoms with E-state index in [1.807, 2.05) is 11.3 Å². The minimum absolute atomic E-state index is 0.00138. The van der Waals surface area contributed by atoms with E-state index >= 15 is 0 Å². The molecule has 0 N–H and O–H groups in total. The molecule has 5 aromatic carbocycles. The summed E-state index contributed by atoms with van der Waals surface area (Å²) in [5, 5.41) is 1.36. The molecule has 1 aromatic heterocycles. The number of hydrogen-bond acceptors (Lipinski definition) is 3. The van der Waals surface area contributed by atoms with Crippen molar-refractivity contribution in [2.45, 2.75) is 169 Å². The molecule has 0 saturated carbocycles. The number of rotatable bonds is 2. The number of anilines is 6. The summed E-state index contributed by atoms with van der Waals surface area (Å²) in [7, 11) is 0. The van der Waals surface area contributed by atoms with Crippen LogP contribution in [0.15, 0.2) is 78.9 Å². The first-order chi connectivity index (χ1) is 28.8. The van der Waals surface area contributed by atoms with E-state index in [9.17, 15) is 0 Å². The van der Waals surface area contributed by atoms with Gasteiger partial charge in [0.15, 0.2) is 0 Å². The zero-order valence-electron chi connectivity index (χ0n) is 40.7. The standard InChI is InChI=1S/C58H69BN2S/c1-34-17-24-47-39(29-34)50-52(62-47)59-43-22-21-41-48(58(15,16)28-27-56(41,11)12)51(43)60(38-19-20-40-42(33-38)57(13,14)26-25-55(40,9)10)45-31-37(54(6,7)8)32-46(49(45)59)61(50)44-23-18-36(30-35(44)2)53(3,4)5/h17-24,29-33H,25-28H2,1-16H3. The highest BCUT2D eigenvalue weighted by Crippen LogP contribution is 2.56. The Bertz CT molecular complexity index is 2870. The topological polar surface area (TPSA) is 6.48 Å². The molecule has 0 fully saturated rings. The third-order valence-electron chi connectivity index (χ3n) is 16.0. The lowest BCUT2D eigenvalue weighted by Crippen LogP contribution is -2.61. The van der Waals surface area contributed by atoms with Gasteiger partial charge in [-0.1, -0.05) is 139 Å². The minimum Gasteiger partial charge on any atom is -0.311 e. The van der Waals surface area contributed by atoms with Gasteiger partial charge in [-0.3, -0.25) is 0 Å². The molecule has 4 aliphatic rings. The molecule has 3 heterocycles. The number of hydrogen-bond donors (Lipinski definition) is 0. The second-order valence-corrected chi connectivity index (χ2v) is 25.6. The van der Waals surface area contributed by atoms with Crippen molar-refractivity contribution >= 4 is 78.0 Å². The van der Waals surface area contributed by atoms with Gasteiger partial charge >= 0.3 is 0 Å². The predicted molar refractivity (Wildman–Crippen MR) is 273 cm³/mol. The largest absolute Gasteiger partial charge is 0.311 e. The molecule has 0 spiro atoms. The first-order valence-electron chi connectivity index (χ1n) is 23.6. The number of aryl methyl sites for hydroxylation is 2. The molecule has 62 heavy (non-hydrogen) atoms. The zero-order chi connectivity index (χ0) is 44.4. The van der Waals surface area contributed by atoms with Gasteiger partial charge in [-0.2, -0.15) is 0 Å². The molecule has 320 valence electrons. The van der Waals surface area contributed by atoms with E-state index in [4.69, 9.17) is 0 Å². The third kappa shape index (κ3) is 6.08. The summed E-state index contributed by atoms with van der Waals surface area (Å²) in [6, 6.07) is 32.4. The Hall–Kier alpha value is -4.28. The Kier molecular flexibility index (Phi) is 8.85. The second-order valence-electron chi connectivity index (χ2n) is 24.5. The summed E-state index contributed by atoms with van der Waals surface area (Å²) in [6.45, 7) is 38.8. The van der Waals surface area contributed by atoms with Crippen LogP contribution < -0.4 is 25.5 Å². The first-order valence-corrected chi connectivity index (χ1v) is 24.4. The molecule has 0 atom stereocenters. The van der Waals surface area contributed by atoms with Crippen LogP contribution in [0, 0.1) is 13.8 Å². The molecule has 0 amide bonds. The van der Waals surface area contributed by atoms with Gasteiger partial charge in [-0.15, -0.1) is 11.3 Å². The lowest BCUT2D eigenvalue weighted by atomic mass is 9.35. The lowest BCUT2D eigenvalue weighted by Gasteiger charge is -2.50. The Morgan fingerprint density at radius 1 is 0.532 bits per heavy atom. The van der Waals surface area contributed by atoms with Crippen LogP contribution in [0.2, 0.25) is 0 Å². The SMILES string of the molecule is Cc1ccc2sc3c(c2c1)N(c1ccc(C(C)(C)C)cc1C)c1cc(C(C)(C)C)cc2c1B3c1ccc3c(c1N2c1ccc2c(c1)C(C)(C)CCC2(C)C)C(C)(C)CCC3(C)C. The molecule has 2 nitrogen and oxygen atoms in total. The molecule has 0 bridgehead atoms. The zero-order valence-corrected chi connectivity index (χ0v) is 41.5. The van der Waals surface area contributed by atoms with Gasteiger partial charge in [0.2, 0.25) is 0 Å². The summed E-state index contributed by atoms with van der Waals surface area (Å²) >= 11 is 2.02. The van der Waals surface area contributed by atoms with Crippen molar-refractivity contribution in [3.8, 4) is 0 Å². The maximum atomic E-state index is 2.79.